The molecule has 4 nitrogen and oxygen atoms in total. The summed E-state index contributed by atoms with van der Waals surface area (Å²) in [5.74, 6) is 1.79. The van der Waals surface area contributed by atoms with E-state index >= 15 is 0 Å². The summed E-state index contributed by atoms with van der Waals surface area (Å²) in [4.78, 5) is 8.81. The first-order valence-corrected chi connectivity index (χ1v) is 8.96. The zero-order valence-electron chi connectivity index (χ0n) is 13.1. The predicted octanol–water partition coefficient (Wildman–Crippen LogP) is 2.07. The molecule has 2 heterocycles. The maximum absolute atomic E-state index is 4.72. The first-order valence-electron chi connectivity index (χ1n) is 8.08. The molecule has 1 fully saturated rings. The van der Waals surface area contributed by atoms with E-state index in [1.54, 1.807) is 4.88 Å². The standard InChI is InChI=1S/C16H26N4S/c1-3-17-16(19-14-10-12(14)2)18-6-8-20-7-4-15-13(11-20)5-9-21-15/h5,9,12,14H,3-4,6-8,10-11H2,1-2H3,(H2,17,18,19). The maximum Gasteiger partial charge on any atom is 0.191 e. The number of hydrogen-bond donors (Lipinski definition) is 2. The van der Waals surface area contributed by atoms with E-state index in [0.29, 0.717) is 6.04 Å². The van der Waals surface area contributed by atoms with E-state index in [4.69, 9.17) is 4.99 Å². The molecule has 1 saturated carbocycles. The van der Waals surface area contributed by atoms with Crippen LogP contribution in [-0.4, -0.2) is 43.1 Å². The molecular weight excluding hydrogens is 280 g/mol. The number of aliphatic imine (C=N–C) groups is 1. The summed E-state index contributed by atoms with van der Waals surface area (Å²) in [6.07, 6.45) is 2.48. The SMILES string of the molecule is CCNC(=NCCN1CCc2sccc2C1)NC1CC1C. The molecule has 2 unspecified atom stereocenters. The fourth-order valence-corrected chi connectivity index (χ4v) is 3.71. The van der Waals surface area contributed by atoms with Gasteiger partial charge in [0.1, 0.15) is 0 Å². The van der Waals surface area contributed by atoms with Crippen LogP contribution in [-0.2, 0) is 13.0 Å². The smallest absolute Gasteiger partial charge is 0.191 e. The first kappa shape index (κ1) is 14.9. The molecule has 21 heavy (non-hydrogen) atoms. The maximum atomic E-state index is 4.72. The molecule has 116 valence electrons. The highest BCUT2D eigenvalue weighted by Gasteiger charge is 2.33. The van der Waals surface area contributed by atoms with Gasteiger partial charge in [-0.15, -0.1) is 11.3 Å². The molecule has 0 aromatic carbocycles. The predicted molar refractivity (Wildman–Crippen MR) is 90.0 cm³/mol. The highest BCUT2D eigenvalue weighted by atomic mass is 32.1. The van der Waals surface area contributed by atoms with Crippen LogP contribution in [0.15, 0.2) is 16.4 Å². The van der Waals surface area contributed by atoms with Crippen molar-refractivity contribution in [2.24, 2.45) is 10.9 Å². The fourth-order valence-electron chi connectivity index (χ4n) is 2.82. The van der Waals surface area contributed by atoms with Crippen LogP contribution in [0.25, 0.3) is 0 Å². The molecule has 0 amide bonds. The van der Waals surface area contributed by atoms with Crippen LogP contribution < -0.4 is 10.6 Å². The largest absolute Gasteiger partial charge is 0.357 e. The Morgan fingerprint density at radius 3 is 3.14 bits per heavy atom. The second-order valence-electron chi connectivity index (χ2n) is 6.12. The molecule has 1 aliphatic carbocycles. The van der Waals surface area contributed by atoms with Gasteiger partial charge in [0.25, 0.3) is 0 Å². The number of fused-ring (bicyclic) bond motifs is 1. The average molecular weight is 306 g/mol. The second-order valence-corrected chi connectivity index (χ2v) is 7.12. The first-order chi connectivity index (χ1) is 10.3. The minimum Gasteiger partial charge on any atom is -0.357 e. The van der Waals surface area contributed by atoms with E-state index < -0.39 is 0 Å². The topological polar surface area (TPSA) is 39.7 Å². The Bertz CT molecular complexity index is 496. The van der Waals surface area contributed by atoms with Crippen molar-refractivity contribution in [2.75, 3.05) is 26.2 Å². The highest BCUT2D eigenvalue weighted by molar-refractivity contribution is 7.10. The normalized spacial score (nSPS) is 25.5. The Labute approximate surface area is 131 Å². The molecule has 0 spiro atoms. The van der Waals surface area contributed by atoms with Gasteiger partial charge in [-0.25, -0.2) is 0 Å². The lowest BCUT2D eigenvalue weighted by atomic mass is 10.1. The third-order valence-corrected chi connectivity index (χ3v) is 5.37. The van der Waals surface area contributed by atoms with Crippen molar-refractivity contribution in [2.45, 2.75) is 39.3 Å². The number of nitrogens with one attached hydrogen (secondary N) is 2. The molecule has 3 rings (SSSR count). The van der Waals surface area contributed by atoms with Crippen LogP contribution in [0.5, 0.6) is 0 Å². The zero-order valence-corrected chi connectivity index (χ0v) is 13.9. The Hall–Kier alpha value is -1.07. The fraction of sp³-hybridized carbons (Fsp3) is 0.688. The van der Waals surface area contributed by atoms with E-state index in [1.165, 1.54) is 24.9 Å². The quantitative estimate of drug-likeness (QED) is 0.646. The molecule has 2 N–H and O–H groups in total. The summed E-state index contributed by atoms with van der Waals surface area (Å²) in [7, 11) is 0. The minimum atomic E-state index is 0.631. The number of thiophene rings is 1. The van der Waals surface area contributed by atoms with Crippen LogP contribution in [0.1, 0.15) is 30.7 Å². The molecule has 0 bridgehead atoms. The van der Waals surface area contributed by atoms with E-state index in [0.717, 1.165) is 38.1 Å². The number of hydrogen-bond acceptors (Lipinski definition) is 3. The molecule has 2 atom stereocenters. The van der Waals surface area contributed by atoms with Gasteiger partial charge in [0.05, 0.1) is 6.54 Å². The summed E-state index contributed by atoms with van der Waals surface area (Å²) in [6.45, 7) is 9.52. The Balaban J connectivity index is 1.46. The van der Waals surface area contributed by atoms with Crippen molar-refractivity contribution in [1.82, 2.24) is 15.5 Å². The molecule has 1 aromatic heterocycles. The third kappa shape index (κ3) is 3.98. The number of rotatable bonds is 5. The van der Waals surface area contributed by atoms with Gasteiger partial charge in [0.2, 0.25) is 0 Å². The van der Waals surface area contributed by atoms with Gasteiger partial charge >= 0.3 is 0 Å². The molecule has 1 aliphatic heterocycles. The zero-order chi connectivity index (χ0) is 14.7. The summed E-state index contributed by atoms with van der Waals surface area (Å²) in [5.41, 5.74) is 1.52. The van der Waals surface area contributed by atoms with Gasteiger partial charge in [-0.3, -0.25) is 9.89 Å². The summed E-state index contributed by atoms with van der Waals surface area (Å²) in [6, 6.07) is 2.90. The Morgan fingerprint density at radius 2 is 2.38 bits per heavy atom. The van der Waals surface area contributed by atoms with Crippen molar-refractivity contribution >= 4 is 17.3 Å². The van der Waals surface area contributed by atoms with Crippen molar-refractivity contribution in [3.8, 4) is 0 Å². The van der Waals surface area contributed by atoms with E-state index in [-0.39, 0.29) is 0 Å². The van der Waals surface area contributed by atoms with Crippen LogP contribution in [0.3, 0.4) is 0 Å². The van der Waals surface area contributed by atoms with E-state index in [9.17, 15) is 0 Å². The van der Waals surface area contributed by atoms with Gasteiger partial charge in [0.15, 0.2) is 5.96 Å². The van der Waals surface area contributed by atoms with E-state index in [2.05, 4.69) is 40.8 Å². The Kier molecular flexibility index (Phi) is 4.80. The monoisotopic (exact) mass is 306 g/mol. The Morgan fingerprint density at radius 1 is 1.52 bits per heavy atom. The van der Waals surface area contributed by atoms with Gasteiger partial charge in [-0.05, 0) is 42.7 Å². The second kappa shape index (κ2) is 6.79. The minimum absolute atomic E-state index is 0.631. The van der Waals surface area contributed by atoms with Crippen LogP contribution in [0, 0.1) is 5.92 Å². The molecule has 0 saturated heterocycles. The lowest BCUT2D eigenvalue weighted by Gasteiger charge is -2.26. The molecule has 5 heteroatoms. The van der Waals surface area contributed by atoms with Crippen LogP contribution in [0.2, 0.25) is 0 Å². The van der Waals surface area contributed by atoms with E-state index in [1.807, 2.05) is 11.3 Å². The molecule has 0 radical (unpaired) electrons. The third-order valence-electron chi connectivity index (χ3n) is 4.35. The van der Waals surface area contributed by atoms with Crippen molar-refractivity contribution in [3.63, 3.8) is 0 Å². The lowest BCUT2D eigenvalue weighted by molar-refractivity contribution is 0.263. The molecule has 1 aromatic rings. The van der Waals surface area contributed by atoms with Gasteiger partial charge in [-0.2, -0.15) is 0 Å². The van der Waals surface area contributed by atoms with Crippen LogP contribution >= 0.6 is 11.3 Å². The van der Waals surface area contributed by atoms with Crippen molar-refractivity contribution in [1.29, 1.82) is 0 Å². The summed E-state index contributed by atoms with van der Waals surface area (Å²) < 4.78 is 0. The molecule has 2 aliphatic rings. The van der Waals surface area contributed by atoms with Gasteiger partial charge < -0.3 is 10.6 Å². The van der Waals surface area contributed by atoms with Crippen molar-refractivity contribution < 1.29 is 0 Å². The summed E-state index contributed by atoms with van der Waals surface area (Å²) in [5, 5.41) is 9.08. The average Bonchev–Trinajstić information content (AvgIpc) is 2.99. The summed E-state index contributed by atoms with van der Waals surface area (Å²) >= 11 is 1.90. The number of guanidine groups is 1. The molecular formula is C16H26N4S. The van der Waals surface area contributed by atoms with Crippen molar-refractivity contribution in [3.05, 3.63) is 21.9 Å². The van der Waals surface area contributed by atoms with Gasteiger partial charge in [-0.1, -0.05) is 6.92 Å². The lowest BCUT2D eigenvalue weighted by Crippen LogP contribution is -2.40. The highest BCUT2D eigenvalue weighted by Crippen LogP contribution is 2.28. The van der Waals surface area contributed by atoms with Crippen LogP contribution in [0.4, 0.5) is 0 Å². The number of nitrogens with zero attached hydrogens (tertiary/aromatic N) is 2. The van der Waals surface area contributed by atoms with Gasteiger partial charge in [0, 0.05) is 37.1 Å².